The van der Waals surface area contributed by atoms with Crippen LogP contribution in [0, 0.1) is 13.8 Å². The molecule has 154 valence electrons. The summed E-state index contributed by atoms with van der Waals surface area (Å²) in [4.78, 5) is 7.78. The summed E-state index contributed by atoms with van der Waals surface area (Å²) in [5.74, 6) is 1.12. The van der Waals surface area contributed by atoms with E-state index in [2.05, 4.69) is 14.7 Å². The zero-order valence-electron chi connectivity index (χ0n) is 16.0. The van der Waals surface area contributed by atoms with Crippen LogP contribution in [-0.4, -0.2) is 16.3 Å². The van der Waals surface area contributed by atoms with Crippen molar-refractivity contribution in [3.05, 3.63) is 70.9 Å². The Hall–Kier alpha value is -3.19. The molecule has 0 saturated carbocycles. The van der Waals surface area contributed by atoms with Gasteiger partial charge in [-0.25, -0.2) is 4.98 Å². The lowest BCUT2D eigenvalue weighted by Crippen LogP contribution is -2.17. The van der Waals surface area contributed by atoms with E-state index in [4.69, 9.17) is 16.0 Å². The number of hydrogen-bond donors (Lipinski definition) is 1. The number of aromatic nitrogens is 2. The summed E-state index contributed by atoms with van der Waals surface area (Å²) < 4.78 is 47.8. The zero-order chi connectivity index (χ0) is 21.5. The molecule has 0 unspecified atom stereocenters. The third-order valence-corrected chi connectivity index (χ3v) is 4.79. The van der Waals surface area contributed by atoms with Gasteiger partial charge in [-0.1, -0.05) is 35.9 Å². The molecule has 0 atom stereocenters. The lowest BCUT2D eigenvalue weighted by atomic mass is 10.1. The molecule has 8 heteroatoms. The minimum absolute atomic E-state index is 0.267. The molecule has 0 amide bonds. The second-order valence-electron chi connectivity index (χ2n) is 6.76. The Kier molecular flexibility index (Phi) is 5.07. The highest BCUT2D eigenvalue weighted by molar-refractivity contribution is 6.30. The van der Waals surface area contributed by atoms with Crippen LogP contribution in [0.1, 0.15) is 11.3 Å². The molecule has 0 aliphatic heterocycles. The Labute approximate surface area is 175 Å². The number of imidazole rings is 1. The van der Waals surface area contributed by atoms with E-state index < -0.39 is 6.36 Å². The van der Waals surface area contributed by atoms with Crippen LogP contribution in [0.5, 0.6) is 5.75 Å². The number of aryl methyl sites for hydroxylation is 2. The molecule has 2 heterocycles. The number of rotatable bonds is 4. The summed E-state index contributed by atoms with van der Waals surface area (Å²) in [5.41, 5.74) is 3.35. The Morgan fingerprint density at radius 3 is 2.30 bits per heavy atom. The molecule has 0 fully saturated rings. The smallest absolute Gasteiger partial charge is 0.453 e. The van der Waals surface area contributed by atoms with Crippen molar-refractivity contribution in [1.82, 2.24) is 9.97 Å². The highest BCUT2D eigenvalue weighted by Crippen LogP contribution is 2.34. The topological polar surface area (TPSA) is 51.0 Å². The monoisotopic (exact) mass is 432 g/mol. The van der Waals surface area contributed by atoms with Crippen molar-refractivity contribution in [3.8, 4) is 39.9 Å². The molecule has 30 heavy (non-hydrogen) atoms. The van der Waals surface area contributed by atoms with Gasteiger partial charge in [-0.15, -0.1) is 13.2 Å². The van der Waals surface area contributed by atoms with Gasteiger partial charge in [-0.3, -0.25) is 0 Å². The van der Waals surface area contributed by atoms with Gasteiger partial charge in [0.15, 0.2) is 11.6 Å². The third-order valence-electron chi connectivity index (χ3n) is 4.54. The standard InChI is InChI=1S/C22H16ClF3N2O2/c1-12-3-4-15(11-19(12)30-22(24,25)26)17-9-10-18(29-17)21-27-13(2)20(28-21)14-5-7-16(23)8-6-14/h3-11H,1-2H3,(H,27,28). The minimum atomic E-state index is -4.76. The molecular formula is C22H16ClF3N2O2. The van der Waals surface area contributed by atoms with Gasteiger partial charge in [0.25, 0.3) is 0 Å². The lowest BCUT2D eigenvalue weighted by Gasteiger charge is -2.12. The fourth-order valence-corrected chi connectivity index (χ4v) is 3.20. The fourth-order valence-electron chi connectivity index (χ4n) is 3.07. The normalized spacial score (nSPS) is 11.7. The molecule has 0 radical (unpaired) electrons. The van der Waals surface area contributed by atoms with E-state index in [0.29, 0.717) is 33.5 Å². The highest BCUT2D eigenvalue weighted by atomic mass is 35.5. The molecule has 0 aliphatic rings. The van der Waals surface area contributed by atoms with Crippen molar-refractivity contribution in [2.75, 3.05) is 0 Å². The average molecular weight is 433 g/mol. The number of nitrogens with zero attached hydrogens (tertiary/aromatic N) is 1. The number of nitrogens with one attached hydrogen (secondary N) is 1. The second-order valence-corrected chi connectivity index (χ2v) is 7.19. The number of ether oxygens (including phenoxy) is 1. The van der Waals surface area contributed by atoms with E-state index in [-0.39, 0.29) is 5.75 Å². The van der Waals surface area contributed by atoms with Crippen molar-refractivity contribution in [1.29, 1.82) is 0 Å². The largest absolute Gasteiger partial charge is 0.573 e. The molecule has 4 rings (SSSR count). The van der Waals surface area contributed by atoms with Gasteiger partial charge in [0.1, 0.15) is 11.5 Å². The van der Waals surface area contributed by atoms with Gasteiger partial charge in [0.2, 0.25) is 0 Å². The average Bonchev–Trinajstić information content (AvgIpc) is 3.30. The van der Waals surface area contributed by atoms with Crippen LogP contribution in [0.2, 0.25) is 5.02 Å². The zero-order valence-corrected chi connectivity index (χ0v) is 16.7. The molecule has 2 aromatic carbocycles. The Morgan fingerprint density at radius 2 is 1.60 bits per heavy atom. The molecule has 0 saturated heterocycles. The summed E-state index contributed by atoms with van der Waals surface area (Å²) in [5, 5.41) is 0.634. The van der Waals surface area contributed by atoms with Crippen molar-refractivity contribution in [2.24, 2.45) is 0 Å². The van der Waals surface area contributed by atoms with Gasteiger partial charge in [-0.05, 0) is 49.7 Å². The van der Waals surface area contributed by atoms with E-state index in [1.54, 1.807) is 43.3 Å². The molecule has 4 nitrogen and oxygen atoms in total. The van der Waals surface area contributed by atoms with Crippen LogP contribution < -0.4 is 4.74 Å². The van der Waals surface area contributed by atoms with E-state index in [0.717, 1.165) is 17.0 Å². The van der Waals surface area contributed by atoms with Gasteiger partial charge >= 0.3 is 6.36 Å². The van der Waals surface area contributed by atoms with Gasteiger partial charge < -0.3 is 14.1 Å². The first-order valence-electron chi connectivity index (χ1n) is 8.99. The van der Waals surface area contributed by atoms with E-state index >= 15 is 0 Å². The highest BCUT2D eigenvalue weighted by Gasteiger charge is 2.32. The molecule has 0 aliphatic carbocycles. The SMILES string of the molecule is Cc1ccc(-c2ccc(-c3nc(-c4ccc(Cl)cc4)c(C)[nH]3)o2)cc1OC(F)(F)F. The summed E-state index contributed by atoms with van der Waals surface area (Å²) >= 11 is 5.94. The Bertz CT molecular complexity index is 1190. The predicted octanol–water partition coefficient (Wildman–Crippen LogP) is 7.17. The Morgan fingerprint density at radius 1 is 0.933 bits per heavy atom. The number of furan rings is 1. The van der Waals surface area contributed by atoms with E-state index in [9.17, 15) is 13.2 Å². The third kappa shape index (κ3) is 4.21. The van der Waals surface area contributed by atoms with Gasteiger partial charge in [-0.2, -0.15) is 0 Å². The quantitative estimate of drug-likeness (QED) is 0.372. The van der Waals surface area contributed by atoms with Crippen molar-refractivity contribution in [3.63, 3.8) is 0 Å². The lowest BCUT2D eigenvalue weighted by molar-refractivity contribution is -0.274. The first-order valence-corrected chi connectivity index (χ1v) is 9.37. The maximum Gasteiger partial charge on any atom is 0.573 e. The van der Waals surface area contributed by atoms with Crippen LogP contribution in [0.3, 0.4) is 0 Å². The first kappa shape index (κ1) is 20.1. The van der Waals surface area contributed by atoms with Gasteiger partial charge in [0.05, 0.1) is 5.69 Å². The number of halogens is 4. The summed E-state index contributed by atoms with van der Waals surface area (Å²) in [6, 6.07) is 15.2. The molecule has 4 aromatic rings. The Balaban J connectivity index is 1.65. The summed E-state index contributed by atoms with van der Waals surface area (Å²) in [6.45, 7) is 3.44. The first-order chi connectivity index (χ1) is 14.2. The number of benzene rings is 2. The number of alkyl halides is 3. The van der Waals surface area contributed by atoms with E-state index in [1.165, 1.54) is 6.07 Å². The van der Waals surface area contributed by atoms with Gasteiger partial charge in [0, 0.05) is 21.8 Å². The molecule has 1 N–H and O–H groups in total. The van der Waals surface area contributed by atoms with Crippen LogP contribution in [0.15, 0.2) is 59.0 Å². The van der Waals surface area contributed by atoms with Crippen LogP contribution in [0.25, 0.3) is 34.2 Å². The van der Waals surface area contributed by atoms with Crippen molar-refractivity contribution < 1.29 is 22.3 Å². The number of H-pyrrole nitrogens is 1. The van der Waals surface area contributed by atoms with Crippen LogP contribution >= 0.6 is 11.6 Å². The van der Waals surface area contributed by atoms with Crippen LogP contribution in [-0.2, 0) is 0 Å². The fraction of sp³-hybridized carbons (Fsp3) is 0.136. The summed E-state index contributed by atoms with van der Waals surface area (Å²) in [6.07, 6.45) is -4.76. The summed E-state index contributed by atoms with van der Waals surface area (Å²) in [7, 11) is 0. The van der Waals surface area contributed by atoms with Crippen LogP contribution in [0.4, 0.5) is 13.2 Å². The molecule has 2 aromatic heterocycles. The molecule has 0 bridgehead atoms. The maximum absolute atomic E-state index is 12.6. The maximum atomic E-state index is 12.6. The van der Waals surface area contributed by atoms with Crippen molar-refractivity contribution >= 4 is 11.6 Å². The number of aromatic amines is 1. The molecule has 0 spiro atoms. The number of hydrogen-bond acceptors (Lipinski definition) is 3. The molecular weight excluding hydrogens is 417 g/mol. The predicted molar refractivity (Wildman–Crippen MR) is 108 cm³/mol. The van der Waals surface area contributed by atoms with E-state index in [1.807, 2.05) is 19.1 Å². The second kappa shape index (κ2) is 7.57. The minimum Gasteiger partial charge on any atom is -0.453 e. The van der Waals surface area contributed by atoms with Crippen molar-refractivity contribution in [2.45, 2.75) is 20.2 Å².